The van der Waals surface area contributed by atoms with Gasteiger partial charge in [-0.25, -0.2) is 17.6 Å². The highest BCUT2D eigenvalue weighted by atomic mass is 79.9. The van der Waals surface area contributed by atoms with E-state index in [-0.39, 0.29) is 37.3 Å². The molecule has 2 aromatic carbocycles. The molecule has 0 unspecified atom stereocenters. The number of carbonyl (C=O) groups is 2. The van der Waals surface area contributed by atoms with Crippen LogP contribution in [0.3, 0.4) is 0 Å². The average Bonchev–Trinajstić information content (AvgIpc) is 3.08. The Balaban J connectivity index is 1.88. The molecule has 3 N–H and O–H groups in total. The van der Waals surface area contributed by atoms with Crippen LogP contribution in [0, 0.1) is 12.7 Å². The van der Waals surface area contributed by atoms with Crippen LogP contribution in [0.4, 0.5) is 15.8 Å². The number of nitrogens with one attached hydrogen (secondary N) is 2. The number of amides is 1. The van der Waals surface area contributed by atoms with E-state index in [1.54, 1.807) is 6.07 Å². The van der Waals surface area contributed by atoms with E-state index in [0.717, 1.165) is 23.5 Å². The van der Waals surface area contributed by atoms with Gasteiger partial charge in [0.15, 0.2) is 0 Å². The van der Waals surface area contributed by atoms with Crippen LogP contribution in [-0.4, -0.2) is 25.4 Å². The van der Waals surface area contributed by atoms with Crippen LogP contribution in [0.25, 0.3) is 0 Å². The molecule has 0 radical (unpaired) electrons. The molecule has 1 aromatic heterocycles. The van der Waals surface area contributed by atoms with Crippen molar-refractivity contribution in [1.82, 2.24) is 0 Å². The number of carboxylic acid groups (broad SMARTS) is 1. The summed E-state index contributed by atoms with van der Waals surface area (Å²) >= 11 is 9.74. The Labute approximate surface area is 194 Å². The Bertz CT molecular complexity index is 1310. The molecule has 1 amide bonds. The summed E-state index contributed by atoms with van der Waals surface area (Å²) in [6, 6.07) is 7.70. The molecule has 0 aliphatic rings. The van der Waals surface area contributed by atoms with Gasteiger partial charge in [-0.2, -0.15) is 0 Å². The van der Waals surface area contributed by atoms with Crippen molar-refractivity contribution in [3.8, 4) is 0 Å². The van der Waals surface area contributed by atoms with E-state index >= 15 is 0 Å². The molecule has 0 bridgehead atoms. The molecule has 0 saturated carbocycles. The van der Waals surface area contributed by atoms with E-state index in [4.69, 9.17) is 11.6 Å². The Morgan fingerprint density at radius 1 is 1.19 bits per heavy atom. The number of thiophene rings is 1. The van der Waals surface area contributed by atoms with Crippen molar-refractivity contribution in [2.75, 3.05) is 10.0 Å². The standard InChI is InChI=1S/C19H13BrClFN2O5S2/c1-9-16(31(28,29)24-11-3-4-14(22)13(21)7-11)8-30-17(9)18(25)23-15-5-2-10(20)6-12(15)19(26)27/h2-8,24H,1H3,(H,23,25)(H,26,27). The number of benzene rings is 2. The van der Waals surface area contributed by atoms with Gasteiger partial charge in [0.1, 0.15) is 10.7 Å². The summed E-state index contributed by atoms with van der Waals surface area (Å²) in [7, 11) is -4.09. The van der Waals surface area contributed by atoms with Gasteiger partial charge in [-0.05, 0) is 48.9 Å². The highest BCUT2D eigenvalue weighted by Gasteiger charge is 2.25. The van der Waals surface area contributed by atoms with Crippen LogP contribution in [0.5, 0.6) is 0 Å². The topological polar surface area (TPSA) is 113 Å². The van der Waals surface area contributed by atoms with E-state index in [2.05, 4.69) is 26.0 Å². The summed E-state index contributed by atoms with van der Waals surface area (Å²) < 4.78 is 41.6. The Hall–Kier alpha value is -2.47. The molecule has 3 rings (SSSR count). The number of hydrogen-bond donors (Lipinski definition) is 3. The lowest BCUT2D eigenvalue weighted by Gasteiger charge is -2.10. The maximum atomic E-state index is 13.3. The van der Waals surface area contributed by atoms with Gasteiger partial charge in [0.05, 0.1) is 26.8 Å². The average molecular weight is 548 g/mol. The van der Waals surface area contributed by atoms with Crippen molar-refractivity contribution < 1.29 is 27.5 Å². The molecule has 0 fully saturated rings. The number of anilines is 2. The summed E-state index contributed by atoms with van der Waals surface area (Å²) in [6.45, 7) is 1.46. The number of aromatic carboxylic acids is 1. The number of sulfonamides is 1. The van der Waals surface area contributed by atoms with Crippen LogP contribution in [0.1, 0.15) is 25.6 Å². The van der Waals surface area contributed by atoms with Gasteiger partial charge < -0.3 is 10.4 Å². The molecule has 31 heavy (non-hydrogen) atoms. The van der Waals surface area contributed by atoms with Gasteiger partial charge in [0, 0.05) is 9.85 Å². The molecule has 12 heteroatoms. The number of carboxylic acids is 1. The van der Waals surface area contributed by atoms with E-state index in [0.29, 0.717) is 4.47 Å². The van der Waals surface area contributed by atoms with Crippen LogP contribution in [0.2, 0.25) is 5.02 Å². The second-order valence-electron chi connectivity index (χ2n) is 6.24. The van der Waals surface area contributed by atoms with Crippen LogP contribution in [-0.2, 0) is 10.0 Å². The largest absolute Gasteiger partial charge is 0.478 e. The molecular weight excluding hydrogens is 535 g/mol. The summed E-state index contributed by atoms with van der Waals surface area (Å²) in [4.78, 5) is 24.1. The first-order valence-electron chi connectivity index (χ1n) is 8.39. The molecule has 162 valence electrons. The summed E-state index contributed by atoms with van der Waals surface area (Å²) in [5.41, 5.74) is 0.178. The molecular formula is C19H13BrClFN2O5S2. The fourth-order valence-electron chi connectivity index (χ4n) is 2.64. The van der Waals surface area contributed by atoms with E-state index < -0.39 is 27.7 Å². The molecule has 7 nitrogen and oxygen atoms in total. The quantitative estimate of drug-likeness (QED) is 0.384. The monoisotopic (exact) mass is 546 g/mol. The molecule has 0 spiro atoms. The minimum Gasteiger partial charge on any atom is -0.478 e. The smallest absolute Gasteiger partial charge is 0.337 e. The Morgan fingerprint density at radius 2 is 1.90 bits per heavy atom. The fraction of sp³-hybridized carbons (Fsp3) is 0.0526. The minimum atomic E-state index is -4.09. The third-order valence-corrected chi connectivity index (χ3v) is 7.64. The summed E-state index contributed by atoms with van der Waals surface area (Å²) in [6.07, 6.45) is 0. The van der Waals surface area contributed by atoms with E-state index in [9.17, 15) is 27.5 Å². The van der Waals surface area contributed by atoms with Crippen molar-refractivity contribution >= 4 is 72.1 Å². The Morgan fingerprint density at radius 3 is 2.55 bits per heavy atom. The first-order valence-corrected chi connectivity index (χ1v) is 11.9. The molecule has 1 heterocycles. The first-order chi connectivity index (χ1) is 14.5. The predicted octanol–water partition coefficient (Wildman–Crippen LogP) is 5.36. The van der Waals surface area contributed by atoms with Gasteiger partial charge in [-0.15, -0.1) is 11.3 Å². The third kappa shape index (κ3) is 5.06. The zero-order chi connectivity index (χ0) is 22.9. The maximum absolute atomic E-state index is 13.3. The summed E-state index contributed by atoms with van der Waals surface area (Å²) in [5, 5.41) is 12.9. The van der Waals surface area contributed by atoms with Crippen LogP contribution >= 0.6 is 38.9 Å². The first kappa shape index (κ1) is 23.2. The van der Waals surface area contributed by atoms with Crippen LogP contribution < -0.4 is 10.0 Å². The summed E-state index contributed by atoms with van der Waals surface area (Å²) in [5.74, 6) is -2.58. The highest BCUT2D eigenvalue weighted by molar-refractivity contribution is 9.10. The number of rotatable bonds is 6. The lowest BCUT2D eigenvalue weighted by Crippen LogP contribution is -2.16. The molecule has 3 aromatic rings. The molecule has 0 atom stereocenters. The second-order valence-corrected chi connectivity index (χ2v) is 10.1. The van der Waals surface area contributed by atoms with Gasteiger partial charge in [0.2, 0.25) is 0 Å². The van der Waals surface area contributed by atoms with Crippen molar-refractivity contribution in [2.45, 2.75) is 11.8 Å². The molecule has 0 aliphatic heterocycles. The number of halogens is 3. The lowest BCUT2D eigenvalue weighted by molar-refractivity contribution is 0.0698. The maximum Gasteiger partial charge on any atom is 0.337 e. The lowest BCUT2D eigenvalue weighted by atomic mass is 10.1. The third-order valence-electron chi connectivity index (χ3n) is 4.12. The number of hydrogen-bond acceptors (Lipinski definition) is 5. The van der Waals surface area contributed by atoms with Crippen molar-refractivity contribution in [2.24, 2.45) is 0 Å². The van der Waals surface area contributed by atoms with E-state index in [1.165, 1.54) is 30.5 Å². The zero-order valence-corrected chi connectivity index (χ0v) is 19.5. The normalized spacial score (nSPS) is 11.2. The Kier molecular flexibility index (Phi) is 6.70. The fourth-order valence-corrected chi connectivity index (χ4v) is 5.80. The number of carbonyl (C=O) groups excluding carboxylic acids is 1. The van der Waals surface area contributed by atoms with Crippen molar-refractivity contribution in [3.05, 3.63) is 73.1 Å². The second kappa shape index (κ2) is 8.95. The molecule has 0 aliphatic carbocycles. The van der Waals surface area contributed by atoms with Crippen molar-refractivity contribution in [1.29, 1.82) is 0 Å². The van der Waals surface area contributed by atoms with Crippen LogP contribution in [0.15, 0.2) is 51.1 Å². The predicted molar refractivity (Wildman–Crippen MR) is 120 cm³/mol. The highest BCUT2D eigenvalue weighted by Crippen LogP contribution is 2.30. The SMILES string of the molecule is Cc1c(S(=O)(=O)Nc2ccc(F)c(Cl)c2)csc1C(=O)Nc1ccc(Br)cc1C(=O)O. The zero-order valence-electron chi connectivity index (χ0n) is 15.6. The van der Waals surface area contributed by atoms with Gasteiger partial charge in [-0.1, -0.05) is 27.5 Å². The van der Waals surface area contributed by atoms with Gasteiger partial charge >= 0.3 is 5.97 Å². The van der Waals surface area contributed by atoms with Gasteiger partial charge in [0.25, 0.3) is 15.9 Å². The minimum absolute atomic E-state index is 0.0592. The molecule has 0 saturated heterocycles. The van der Waals surface area contributed by atoms with Gasteiger partial charge in [-0.3, -0.25) is 9.52 Å². The van der Waals surface area contributed by atoms with E-state index in [1.807, 2.05) is 0 Å². The van der Waals surface area contributed by atoms with Crippen molar-refractivity contribution in [3.63, 3.8) is 0 Å².